The predicted octanol–water partition coefficient (Wildman–Crippen LogP) is 2.39. The molecule has 16 heavy (non-hydrogen) atoms. The van der Waals surface area contributed by atoms with E-state index in [-0.39, 0.29) is 12.8 Å². The Kier molecular flexibility index (Phi) is 4.42. The number of benzene rings is 1. The van der Waals surface area contributed by atoms with Crippen molar-refractivity contribution in [2.24, 2.45) is 0 Å². The minimum atomic E-state index is -1.03. The van der Waals surface area contributed by atoms with E-state index in [1.54, 1.807) is 0 Å². The lowest BCUT2D eigenvalue weighted by atomic mass is 10.2. The van der Waals surface area contributed by atoms with Crippen molar-refractivity contribution in [3.8, 4) is 0 Å². The molecule has 0 saturated heterocycles. The summed E-state index contributed by atoms with van der Waals surface area (Å²) in [5.74, 6) is -1.88. The molecule has 4 nitrogen and oxygen atoms in total. The number of amides is 1. The number of carbonyl (C=O) groups excluding carboxylic acids is 1. The highest BCUT2D eigenvalue weighted by Gasteiger charge is 2.08. The van der Waals surface area contributed by atoms with Crippen LogP contribution in [0.15, 0.2) is 22.7 Å². The highest BCUT2D eigenvalue weighted by Crippen LogP contribution is 2.23. The zero-order valence-electron chi connectivity index (χ0n) is 8.17. The molecule has 0 aliphatic heterocycles. The third-order valence-electron chi connectivity index (χ3n) is 1.77. The Balaban J connectivity index is 2.59. The first-order valence-electron chi connectivity index (χ1n) is 4.45. The molecule has 1 aromatic rings. The van der Waals surface area contributed by atoms with Crippen LogP contribution in [0.1, 0.15) is 12.8 Å². The summed E-state index contributed by atoms with van der Waals surface area (Å²) >= 11 is 3.08. The van der Waals surface area contributed by atoms with E-state index in [0.29, 0.717) is 10.2 Å². The Morgan fingerprint density at radius 1 is 1.38 bits per heavy atom. The van der Waals surface area contributed by atoms with Crippen LogP contribution in [-0.4, -0.2) is 17.0 Å². The summed E-state index contributed by atoms with van der Waals surface area (Å²) in [6, 6.07) is 3.82. The van der Waals surface area contributed by atoms with Gasteiger partial charge in [0.1, 0.15) is 5.82 Å². The van der Waals surface area contributed by atoms with Crippen LogP contribution in [0.25, 0.3) is 0 Å². The number of anilines is 1. The highest BCUT2D eigenvalue weighted by molar-refractivity contribution is 9.10. The Hall–Kier alpha value is -1.43. The molecule has 0 radical (unpaired) electrons. The quantitative estimate of drug-likeness (QED) is 0.894. The van der Waals surface area contributed by atoms with Gasteiger partial charge in [-0.2, -0.15) is 0 Å². The third-order valence-corrected chi connectivity index (χ3v) is 2.43. The number of halogens is 2. The van der Waals surface area contributed by atoms with Gasteiger partial charge in [-0.25, -0.2) is 4.39 Å². The van der Waals surface area contributed by atoms with Crippen LogP contribution in [-0.2, 0) is 9.59 Å². The van der Waals surface area contributed by atoms with E-state index >= 15 is 0 Å². The Labute approximate surface area is 99.6 Å². The number of carbonyl (C=O) groups is 2. The fourth-order valence-corrected chi connectivity index (χ4v) is 1.47. The van der Waals surface area contributed by atoms with Crippen molar-refractivity contribution >= 4 is 33.5 Å². The van der Waals surface area contributed by atoms with E-state index in [2.05, 4.69) is 21.2 Å². The summed E-state index contributed by atoms with van der Waals surface area (Å²) in [7, 11) is 0. The van der Waals surface area contributed by atoms with E-state index in [9.17, 15) is 14.0 Å². The highest BCUT2D eigenvalue weighted by atomic mass is 79.9. The lowest BCUT2D eigenvalue weighted by Crippen LogP contribution is -2.13. The zero-order chi connectivity index (χ0) is 12.1. The number of carboxylic acids is 1. The number of hydrogen-bond donors (Lipinski definition) is 2. The lowest BCUT2D eigenvalue weighted by Gasteiger charge is -2.06. The van der Waals surface area contributed by atoms with Crippen LogP contribution >= 0.6 is 15.9 Å². The fourth-order valence-electron chi connectivity index (χ4n) is 1.02. The normalized spacial score (nSPS) is 9.88. The molecule has 0 spiro atoms. The smallest absolute Gasteiger partial charge is 0.303 e. The lowest BCUT2D eigenvalue weighted by molar-refractivity contribution is -0.138. The van der Waals surface area contributed by atoms with Gasteiger partial charge in [0.25, 0.3) is 0 Å². The molecule has 1 amide bonds. The number of nitrogens with one attached hydrogen (secondary N) is 1. The molecule has 6 heteroatoms. The topological polar surface area (TPSA) is 66.4 Å². The van der Waals surface area contributed by atoms with Crippen LogP contribution in [0.4, 0.5) is 10.1 Å². The molecule has 0 atom stereocenters. The SMILES string of the molecule is O=C(O)CCC(=O)Nc1ccc(F)cc1Br. The van der Waals surface area contributed by atoms with E-state index in [1.807, 2.05) is 0 Å². The molecule has 1 rings (SSSR count). The Bertz CT molecular complexity index is 423. The minimum absolute atomic E-state index is 0.112. The van der Waals surface area contributed by atoms with Gasteiger partial charge in [0.05, 0.1) is 12.1 Å². The van der Waals surface area contributed by atoms with Crippen LogP contribution in [0.3, 0.4) is 0 Å². The average molecular weight is 290 g/mol. The maximum atomic E-state index is 12.7. The Morgan fingerprint density at radius 2 is 2.06 bits per heavy atom. The van der Waals surface area contributed by atoms with Gasteiger partial charge in [-0.15, -0.1) is 0 Å². The van der Waals surface area contributed by atoms with Crippen molar-refractivity contribution in [2.75, 3.05) is 5.32 Å². The van der Waals surface area contributed by atoms with Gasteiger partial charge < -0.3 is 10.4 Å². The van der Waals surface area contributed by atoms with Gasteiger partial charge >= 0.3 is 5.97 Å². The Morgan fingerprint density at radius 3 is 2.62 bits per heavy atom. The molecular weight excluding hydrogens is 281 g/mol. The summed E-state index contributed by atoms with van der Waals surface area (Å²) in [5.41, 5.74) is 0.414. The second-order valence-electron chi connectivity index (χ2n) is 3.07. The van der Waals surface area contributed by atoms with Gasteiger partial charge in [0.2, 0.25) is 5.91 Å². The largest absolute Gasteiger partial charge is 0.481 e. The molecule has 0 fully saturated rings. The number of hydrogen-bond acceptors (Lipinski definition) is 2. The summed E-state index contributed by atoms with van der Waals surface area (Å²) in [5, 5.41) is 10.9. The first-order valence-corrected chi connectivity index (χ1v) is 5.25. The molecule has 0 saturated carbocycles. The first-order chi connectivity index (χ1) is 7.49. The first kappa shape index (κ1) is 12.6. The summed E-state index contributed by atoms with van der Waals surface area (Å²) in [6.45, 7) is 0. The molecule has 86 valence electrons. The second kappa shape index (κ2) is 5.60. The standard InChI is InChI=1S/C10H9BrFNO3/c11-7-5-6(12)1-2-8(7)13-9(14)3-4-10(15)16/h1-2,5H,3-4H2,(H,13,14)(H,15,16). The van der Waals surface area contributed by atoms with E-state index < -0.39 is 17.7 Å². The van der Waals surface area contributed by atoms with Crippen molar-refractivity contribution < 1.29 is 19.1 Å². The molecule has 0 bridgehead atoms. The zero-order valence-corrected chi connectivity index (χ0v) is 9.75. The van der Waals surface area contributed by atoms with Crippen LogP contribution < -0.4 is 5.32 Å². The molecule has 0 heterocycles. The van der Waals surface area contributed by atoms with Gasteiger partial charge in [-0.1, -0.05) is 0 Å². The van der Waals surface area contributed by atoms with Crippen molar-refractivity contribution in [2.45, 2.75) is 12.8 Å². The van der Waals surface area contributed by atoms with Gasteiger partial charge in [-0.05, 0) is 34.1 Å². The van der Waals surface area contributed by atoms with Crippen LogP contribution in [0.5, 0.6) is 0 Å². The minimum Gasteiger partial charge on any atom is -0.481 e. The number of rotatable bonds is 4. The number of aliphatic carboxylic acids is 1. The molecule has 0 aromatic heterocycles. The van der Waals surface area contributed by atoms with E-state index in [4.69, 9.17) is 5.11 Å². The third kappa shape index (κ3) is 3.98. The molecule has 1 aromatic carbocycles. The van der Waals surface area contributed by atoms with Crippen molar-refractivity contribution in [3.05, 3.63) is 28.5 Å². The van der Waals surface area contributed by atoms with Crippen LogP contribution in [0.2, 0.25) is 0 Å². The molecular formula is C10H9BrFNO3. The van der Waals surface area contributed by atoms with E-state index in [1.165, 1.54) is 18.2 Å². The van der Waals surface area contributed by atoms with Crippen molar-refractivity contribution in [3.63, 3.8) is 0 Å². The molecule has 0 aliphatic rings. The molecule has 2 N–H and O–H groups in total. The van der Waals surface area contributed by atoms with Gasteiger partial charge in [0.15, 0.2) is 0 Å². The molecule has 0 unspecified atom stereocenters. The fraction of sp³-hybridized carbons (Fsp3) is 0.200. The summed E-state index contributed by atoms with van der Waals surface area (Å²) < 4.78 is 13.1. The number of carboxylic acid groups (broad SMARTS) is 1. The maximum Gasteiger partial charge on any atom is 0.303 e. The monoisotopic (exact) mass is 289 g/mol. The predicted molar refractivity (Wildman–Crippen MR) is 59.6 cm³/mol. The second-order valence-corrected chi connectivity index (χ2v) is 3.92. The average Bonchev–Trinajstić information content (AvgIpc) is 2.19. The molecule has 0 aliphatic carbocycles. The van der Waals surface area contributed by atoms with Crippen LogP contribution in [0, 0.1) is 5.82 Å². The van der Waals surface area contributed by atoms with E-state index in [0.717, 1.165) is 0 Å². The van der Waals surface area contributed by atoms with Gasteiger partial charge in [0, 0.05) is 10.9 Å². The summed E-state index contributed by atoms with van der Waals surface area (Å²) in [6.07, 6.45) is -0.343. The van der Waals surface area contributed by atoms with Crippen molar-refractivity contribution in [1.82, 2.24) is 0 Å². The summed E-state index contributed by atoms with van der Waals surface area (Å²) in [4.78, 5) is 21.5. The maximum absolute atomic E-state index is 12.7. The van der Waals surface area contributed by atoms with Crippen molar-refractivity contribution in [1.29, 1.82) is 0 Å². The van der Waals surface area contributed by atoms with Gasteiger partial charge in [-0.3, -0.25) is 9.59 Å².